The van der Waals surface area contributed by atoms with E-state index in [1.165, 1.54) is 0 Å². The highest BCUT2D eigenvalue weighted by atomic mass is 79.9. The summed E-state index contributed by atoms with van der Waals surface area (Å²) in [5.41, 5.74) is 1.51. The van der Waals surface area contributed by atoms with Gasteiger partial charge in [0.15, 0.2) is 0 Å². The molecule has 2 rings (SSSR count). The predicted molar refractivity (Wildman–Crippen MR) is 80.7 cm³/mol. The molecule has 1 aromatic heterocycles. The summed E-state index contributed by atoms with van der Waals surface area (Å²) in [4.78, 5) is 18.1. The van der Waals surface area contributed by atoms with Crippen molar-refractivity contribution in [2.45, 2.75) is 6.54 Å². The summed E-state index contributed by atoms with van der Waals surface area (Å²) in [6.45, 7) is 0.476. The molecule has 0 aliphatic heterocycles. The second-order valence-corrected chi connectivity index (χ2v) is 5.07. The Hall–Kier alpha value is -1.88. The first-order valence-corrected chi connectivity index (χ1v) is 6.90. The van der Waals surface area contributed by atoms with E-state index in [4.69, 9.17) is 4.74 Å². The number of nitrogens with zero attached hydrogens (tertiary/aromatic N) is 2. The van der Waals surface area contributed by atoms with Gasteiger partial charge in [0.1, 0.15) is 10.4 Å². The molecule has 4 nitrogen and oxygen atoms in total. The molecule has 1 heterocycles. The van der Waals surface area contributed by atoms with Crippen molar-refractivity contribution in [1.82, 2.24) is 9.88 Å². The lowest BCUT2D eigenvalue weighted by molar-refractivity contribution is 0.0783. The van der Waals surface area contributed by atoms with Gasteiger partial charge in [-0.2, -0.15) is 0 Å². The highest BCUT2D eigenvalue weighted by Crippen LogP contribution is 2.21. The predicted octanol–water partition coefficient (Wildman–Crippen LogP) is 3.12. The molecule has 0 fully saturated rings. The standard InChI is InChI=1S/C15H15BrN2O2/c1-18(10-11-6-3-4-8-13(11)20-2)15(19)12-7-5-9-17-14(12)16/h3-9H,10H2,1-2H3. The first kappa shape index (κ1) is 14.5. The molecule has 0 radical (unpaired) electrons. The number of methoxy groups -OCH3 is 1. The lowest BCUT2D eigenvalue weighted by atomic mass is 10.1. The third kappa shape index (κ3) is 3.17. The molecule has 0 spiro atoms. The van der Waals surface area contributed by atoms with E-state index in [9.17, 15) is 4.79 Å². The highest BCUT2D eigenvalue weighted by Gasteiger charge is 2.16. The number of para-hydroxylation sites is 1. The van der Waals surface area contributed by atoms with Gasteiger partial charge in [0.2, 0.25) is 0 Å². The van der Waals surface area contributed by atoms with Crippen LogP contribution < -0.4 is 4.74 Å². The lowest BCUT2D eigenvalue weighted by Gasteiger charge is -2.19. The van der Waals surface area contributed by atoms with E-state index in [2.05, 4.69) is 20.9 Å². The Morgan fingerprint density at radius 2 is 2.05 bits per heavy atom. The second-order valence-electron chi connectivity index (χ2n) is 4.31. The van der Waals surface area contributed by atoms with Crippen molar-refractivity contribution >= 4 is 21.8 Å². The molecule has 20 heavy (non-hydrogen) atoms. The van der Waals surface area contributed by atoms with E-state index in [-0.39, 0.29) is 5.91 Å². The quantitative estimate of drug-likeness (QED) is 0.807. The molecule has 5 heteroatoms. The fraction of sp³-hybridized carbons (Fsp3) is 0.200. The number of carbonyl (C=O) groups is 1. The van der Waals surface area contributed by atoms with Gasteiger partial charge < -0.3 is 9.64 Å². The summed E-state index contributed by atoms with van der Waals surface area (Å²) >= 11 is 3.30. The molecular weight excluding hydrogens is 320 g/mol. The summed E-state index contributed by atoms with van der Waals surface area (Å²) in [6, 6.07) is 11.2. The van der Waals surface area contributed by atoms with Crippen LogP contribution in [0.25, 0.3) is 0 Å². The van der Waals surface area contributed by atoms with E-state index in [0.29, 0.717) is 16.7 Å². The Labute approximate surface area is 126 Å². The number of benzene rings is 1. The van der Waals surface area contributed by atoms with Crippen LogP contribution in [0.1, 0.15) is 15.9 Å². The maximum Gasteiger partial charge on any atom is 0.256 e. The number of halogens is 1. The topological polar surface area (TPSA) is 42.4 Å². The van der Waals surface area contributed by atoms with Crippen molar-refractivity contribution in [3.8, 4) is 5.75 Å². The maximum atomic E-state index is 12.4. The summed E-state index contributed by atoms with van der Waals surface area (Å²) < 4.78 is 5.85. The number of amides is 1. The van der Waals surface area contributed by atoms with Gasteiger partial charge in [0.25, 0.3) is 5.91 Å². The minimum Gasteiger partial charge on any atom is -0.496 e. The number of pyridine rings is 1. The Morgan fingerprint density at radius 3 is 2.75 bits per heavy atom. The van der Waals surface area contributed by atoms with Gasteiger partial charge in [0.05, 0.1) is 12.7 Å². The molecule has 0 saturated heterocycles. The van der Waals surface area contributed by atoms with Crippen LogP contribution in [0.4, 0.5) is 0 Å². The summed E-state index contributed by atoms with van der Waals surface area (Å²) in [6.07, 6.45) is 1.64. The lowest BCUT2D eigenvalue weighted by Crippen LogP contribution is -2.26. The molecule has 0 aliphatic rings. The summed E-state index contributed by atoms with van der Waals surface area (Å²) in [7, 11) is 3.38. The van der Waals surface area contributed by atoms with Crippen molar-refractivity contribution in [2.75, 3.05) is 14.2 Å². The van der Waals surface area contributed by atoms with Gasteiger partial charge in [-0.05, 0) is 34.1 Å². The Kier molecular flexibility index (Phi) is 4.74. The molecule has 1 amide bonds. The molecule has 0 unspecified atom stereocenters. The van der Waals surface area contributed by atoms with Crippen molar-refractivity contribution in [3.05, 3.63) is 58.3 Å². The minimum absolute atomic E-state index is 0.0871. The second kappa shape index (κ2) is 6.52. The van der Waals surface area contributed by atoms with E-state index >= 15 is 0 Å². The number of aromatic nitrogens is 1. The smallest absolute Gasteiger partial charge is 0.256 e. The molecule has 0 bridgehead atoms. The Bertz CT molecular complexity index is 616. The third-order valence-corrected chi connectivity index (χ3v) is 3.57. The van der Waals surface area contributed by atoms with E-state index < -0.39 is 0 Å². The molecule has 104 valence electrons. The van der Waals surface area contributed by atoms with Crippen LogP contribution in [-0.2, 0) is 6.54 Å². The van der Waals surface area contributed by atoms with Crippen LogP contribution in [0.3, 0.4) is 0 Å². The van der Waals surface area contributed by atoms with Crippen molar-refractivity contribution < 1.29 is 9.53 Å². The van der Waals surface area contributed by atoms with Crippen LogP contribution >= 0.6 is 15.9 Å². The highest BCUT2D eigenvalue weighted by molar-refractivity contribution is 9.10. The summed E-state index contributed by atoms with van der Waals surface area (Å²) in [5, 5.41) is 0. The Balaban J connectivity index is 2.18. The normalized spacial score (nSPS) is 10.2. The molecular formula is C15H15BrN2O2. The minimum atomic E-state index is -0.0871. The van der Waals surface area contributed by atoms with Crippen LogP contribution in [0, 0.1) is 0 Å². The Morgan fingerprint density at radius 1 is 1.30 bits per heavy atom. The molecule has 0 N–H and O–H groups in total. The largest absolute Gasteiger partial charge is 0.496 e. The van der Waals surface area contributed by atoms with Gasteiger partial charge in [0, 0.05) is 25.4 Å². The van der Waals surface area contributed by atoms with E-state index in [1.807, 2.05) is 24.3 Å². The molecule has 0 saturated carbocycles. The first-order chi connectivity index (χ1) is 9.63. The number of ether oxygens (including phenoxy) is 1. The zero-order valence-electron chi connectivity index (χ0n) is 11.3. The number of carbonyl (C=O) groups excluding carboxylic acids is 1. The van der Waals surface area contributed by atoms with Crippen LogP contribution in [0.15, 0.2) is 47.2 Å². The van der Waals surface area contributed by atoms with Gasteiger partial charge in [-0.25, -0.2) is 4.98 Å². The van der Waals surface area contributed by atoms with Crippen molar-refractivity contribution in [3.63, 3.8) is 0 Å². The van der Waals surface area contributed by atoms with Crippen molar-refractivity contribution in [1.29, 1.82) is 0 Å². The molecule has 0 aliphatic carbocycles. The average Bonchev–Trinajstić information content (AvgIpc) is 2.47. The third-order valence-electron chi connectivity index (χ3n) is 2.94. The zero-order valence-corrected chi connectivity index (χ0v) is 12.9. The fourth-order valence-electron chi connectivity index (χ4n) is 1.91. The monoisotopic (exact) mass is 334 g/mol. The SMILES string of the molecule is COc1ccccc1CN(C)C(=O)c1cccnc1Br. The zero-order chi connectivity index (χ0) is 14.5. The summed E-state index contributed by atoms with van der Waals surface area (Å²) in [5.74, 6) is 0.688. The average molecular weight is 335 g/mol. The molecule has 0 atom stereocenters. The molecule has 1 aromatic carbocycles. The van der Waals surface area contributed by atoms with Crippen LogP contribution in [0.2, 0.25) is 0 Å². The fourth-order valence-corrected chi connectivity index (χ4v) is 2.33. The van der Waals surface area contributed by atoms with Gasteiger partial charge in [-0.3, -0.25) is 4.79 Å². The number of hydrogen-bond acceptors (Lipinski definition) is 3. The maximum absolute atomic E-state index is 12.4. The van der Waals surface area contributed by atoms with Gasteiger partial charge in [-0.1, -0.05) is 18.2 Å². The van der Waals surface area contributed by atoms with E-state index in [1.54, 1.807) is 37.4 Å². The van der Waals surface area contributed by atoms with Crippen LogP contribution in [0.5, 0.6) is 5.75 Å². The van der Waals surface area contributed by atoms with Gasteiger partial charge in [-0.15, -0.1) is 0 Å². The molecule has 2 aromatic rings. The van der Waals surface area contributed by atoms with E-state index in [0.717, 1.165) is 11.3 Å². The number of rotatable bonds is 4. The first-order valence-electron chi connectivity index (χ1n) is 6.11. The van der Waals surface area contributed by atoms with Gasteiger partial charge >= 0.3 is 0 Å². The van der Waals surface area contributed by atoms with Crippen molar-refractivity contribution in [2.24, 2.45) is 0 Å². The van der Waals surface area contributed by atoms with Crippen LogP contribution in [-0.4, -0.2) is 29.9 Å². The number of hydrogen-bond donors (Lipinski definition) is 0.